The van der Waals surface area contributed by atoms with Crippen LogP contribution in [0.25, 0.3) is 0 Å². The maximum absolute atomic E-state index is 10.8. The van der Waals surface area contributed by atoms with Crippen LogP contribution in [-0.4, -0.2) is 5.78 Å². The predicted molar refractivity (Wildman–Crippen MR) is 39.4 cm³/mol. The first-order valence-electron chi connectivity index (χ1n) is 3.72. The molecule has 54 valence electrons. The van der Waals surface area contributed by atoms with Crippen molar-refractivity contribution in [3.8, 4) is 0 Å². The van der Waals surface area contributed by atoms with Gasteiger partial charge in [-0.15, -0.1) is 0 Å². The summed E-state index contributed by atoms with van der Waals surface area (Å²) < 4.78 is 0. The van der Waals surface area contributed by atoms with Crippen LogP contribution in [0.15, 0.2) is 0 Å². The van der Waals surface area contributed by atoms with Crippen LogP contribution in [0.5, 0.6) is 0 Å². The molecule has 0 saturated carbocycles. The van der Waals surface area contributed by atoms with Gasteiger partial charge in [0.2, 0.25) is 0 Å². The monoisotopic (exact) mass is 128 g/mol. The zero-order valence-electron chi connectivity index (χ0n) is 6.61. The molecule has 0 amide bonds. The second-order valence-corrected chi connectivity index (χ2v) is 2.61. The van der Waals surface area contributed by atoms with E-state index in [1.165, 1.54) is 0 Å². The average Bonchev–Trinajstić information content (AvgIpc) is 1.87. The third-order valence-electron chi connectivity index (χ3n) is 1.67. The first-order valence-corrected chi connectivity index (χ1v) is 3.72. The summed E-state index contributed by atoms with van der Waals surface area (Å²) in [5.41, 5.74) is 0. The minimum Gasteiger partial charge on any atom is -0.300 e. The normalized spacial score (nSPS) is 13.2. The molecule has 0 aromatic heterocycles. The number of hydrogen-bond donors (Lipinski definition) is 0. The molecular weight excluding hydrogens is 112 g/mol. The Labute approximate surface area is 57.5 Å². The van der Waals surface area contributed by atoms with Gasteiger partial charge in [-0.25, -0.2) is 0 Å². The van der Waals surface area contributed by atoms with E-state index < -0.39 is 0 Å². The van der Waals surface area contributed by atoms with E-state index in [1.807, 2.05) is 6.92 Å². The summed E-state index contributed by atoms with van der Waals surface area (Å²) >= 11 is 0. The molecule has 0 aromatic carbocycles. The highest BCUT2D eigenvalue weighted by Gasteiger charge is 2.03. The topological polar surface area (TPSA) is 17.1 Å². The Bertz CT molecular complexity index is 86.6. The molecule has 0 N–H and O–H groups in total. The molecule has 1 heteroatoms. The second kappa shape index (κ2) is 4.54. The van der Waals surface area contributed by atoms with E-state index in [2.05, 4.69) is 13.8 Å². The minimum absolute atomic E-state index is 0.393. The molecule has 0 bridgehead atoms. The molecular formula is C8H16O. The van der Waals surface area contributed by atoms with Crippen molar-refractivity contribution in [2.75, 3.05) is 0 Å². The van der Waals surface area contributed by atoms with Crippen LogP contribution in [0.1, 0.15) is 40.0 Å². The van der Waals surface area contributed by atoms with Gasteiger partial charge in [-0.05, 0) is 5.92 Å². The van der Waals surface area contributed by atoms with Crippen molar-refractivity contribution in [3.63, 3.8) is 0 Å². The Balaban J connectivity index is 3.34. The van der Waals surface area contributed by atoms with Gasteiger partial charge in [0.15, 0.2) is 0 Å². The lowest BCUT2D eigenvalue weighted by molar-refractivity contribution is -0.119. The van der Waals surface area contributed by atoms with Gasteiger partial charge in [-0.1, -0.05) is 27.2 Å². The maximum atomic E-state index is 10.8. The van der Waals surface area contributed by atoms with E-state index >= 15 is 0 Å². The number of carbonyl (C=O) groups is 1. The van der Waals surface area contributed by atoms with Gasteiger partial charge >= 0.3 is 0 Å². The van der Waals surface area contributed by atoms with Crippen LogP contribution in [0.2, 0.25) is 0 Å². The van der Waals surface area contributed by atoms with Gasteiger partial charge in [0.05, 0.1) is 0 Å². The molecule has 0 radical (unpaired) electrons. The van der Waals surface area contributed by atoms with Crippen molar-refractivity contribution in [1.82, 2.24) is 0 Å². The van der Waals surface area contributed by atoms with E-state index in [9.17, 15) is 4.79 Å². The molecule has 0 unspecified atom stereocenters. The van der Waals surface area contributed by atoms with Gasteiger partial charge in [0.1, 0.15) is 5.78 Å². The molecule has 0 saturated heterocycles. The van der Waals surface area contributed by atoms with Crippen molar-refractivity contribution >= 4 is 5.78 Å². The van der Waals surface area contributed by atoms with E-state index in [-0.39, 0.29) is 0 Å². The third kappa shape index (κ3) is 4.19. The van der Waals surface area contributed by atoms with Crippen LogP contribution < -0.4 is 0 Å². The average molecular weight is 128 g/mol. The van der Waals surface area contributed by atoms with Crippen LogP contribution in [0.3, 0.4) is 0 Å². The van der Waals surface area contributed by atoms with Crippen molar-refractivity contribution in [2.45, 2.75) is 40.0 Å². The number of hydrogen-bond acceptors (Lipinski definition) is 1. The van der Waals surface area contributed by atoms with Gasteiger partial charge in [-0.2, -0.15) is 0 Å². The molecule has 0 rings (SSSR count). The highest BCUT2D eigenvalue weighted by atomic mass is 16.1. The van der Waals surface area contributed by atoms with E-state index in [4.69, 9.17) is 0 Å². The Kier molecular flexibility index (Phi) is 4.37. The van der Waals surface area contributed by atoms with Crippen LogP contribution >= 0.6 is 0 Å². The van der Waals surface area contributed by atoms with E-state index in [1.54, 1.807) is 0 Å². The van der Waals surface area contributed by atoms with Crippen molar-refractivity contribution < 1.29 is 4.79 Å². The highest BCUT2D eigenvalue weighted by molar-refractivity contribution is 5.78. The molecule has 0 aliphatic carbocycles. The standard InChI is InChI=1S/C8H16O/c1-4-7(3)6-8(9)5-2/h7H,4-6H2,1-3H3/t7-/m1/s1. The van der Waals surface area contributed by atoms with Crippen molar-refractivity contribution in [2.24, 2.45) is 5.92 Å². The maximum Gasteiger partial charge on any atom is 0.132 e. The van der Waals surface area contributed by atoms with Crippen molar-refractivity contribution in [3.05, 3.63) is 0 Å². The summed E-state index contributed by atoms with van der Waals surface area (Å²) in [6.45, 7) is 6.16. The lowest BCUT2D eigenvalue weighted by Crippen LogP contribution is -2.02. The Hall–Kier alpha value is -0.330. The van der Waals surface area contributed by atoms with Gasteiger partial charge in [0.25, 0.3) is 0 Å². The molecule has 0 aromatic rings. The summed E-state index contributed by atoms with van der Waals surface area (Å²) in [5.74, 6) is 0.974. The zero-order valence-corrected chi connectivity index (χ0v) is 6.61. The fourth-order valence-electron chi connectivity index (χ4n) is 0.677. The fraction of sp³-hybridized carbons (Fsp3) is 0.875. The lowest BCUT2D eigenvalue weighted by atomic mass is 10.0. The van der Waals surface area contributed by atoms with Gasteiger partial charge in [0, 0.05) is 12.8 Å². The lowest BCUT2D eigenvalue weighted by Gasteiger charge is -2.03. The van der Waals surface area contributed by atoms with E-state index in [0.29, 0.717) is 18.1 Å². The summed E-state index contributed by atoms with van der Waals surface area (Å²) in [6.07, 6.45) is 2.59. The minimum atomic E-state index is 0.393. The van der Waals surface area contributed by atoms with Crippen LogP contribution in [0, 0.1) is 5.92 Å². The SMILES string of the molecule is CCC(=O)C[C@H](C)CC. The quantitative estimate of drug-likeness (QED) is 0.568. The first kappa shape index (κ1) is 8.67. The Morgan fingerprint density at radius 1 is 1.44 bits per heavy atom. The Morgan fingerprint density at radius 2 is 2.00 bits per heavy atom. The number of rotatable bonds is 4. The van der Waals surface area contributed by atoms with Gasteiger partial charge in [-0.3, -0.25) is 4.79 Å². The van der Waals surface area contributed by atoms with Crippen LogP contribution in [0.4, 0.5) is 0 Å². The molecule has 0 heterocycles. The third-order valence-corrected chi connectivity index (χ3v) is 1.67. The number of ketones is 1. The molecule has 1 nitrogen and oxygen atoms in total. The first-order chi connectivity index (χ1) is 4.20. The summed E-state index contributed by atoms with van der Waals surface area (Å²) in [4.78, 5) is 10.8. The molecule has 0 aliphatic heterocycles. The summed E-state index contributed by atoms with van der Waals surface area (Å²) in [6, 6.07) is 0. The van der Waals surface area contributed by atoms with E-state index in [0.717, 1.165) is 12.8 Å². The summed E-state index contributed by atoms with van der Waals surface area (Å²) in [5, 5.41) is 0. The zero-order chi connectivity index (χ0) is 7.28. The Morgan fingerprint density at radius 3 is 2.33 bits per heavy atom. The number of Topliss-reactive ketones (excluding diaryl/α,β-unsaturated/α-hetero) is 1. The molecule has 9 heavy (non-hydrogen) atoms. The fourth-order valence-corrected chi connectivity index (χ4v) is 0.677. The molecule has 1 atom stereocenters. The highest BCUT2D eigenvalue weighted by Crippen LogP contribution is 2.07. The molecule has 0 fully saturated rings. The number of carbonyl (C=O) groups excluding carboxylic acids is 1. The predicted octanol–water partition coefficient (Wildman–Crippen LogP) is 2.40. The largest absolute Gasteiger partial charge is 0.300 e. The van der Waals surface area contributed by atoms with Crippen molar-refractivity contribution in [1.29, 1.82) is 0 Å². The van der Waals surface area contributed by atoms with Gasteiger partial charge < -0.3 is 0 Å². The smallest absolute Gasteiger partial charge is 0.132 e. The molecule has 0 aliphatic rings. The van der Waals surface area contributed by atoms with Crippen LogP contribution in [-0.2, 0) is 4.79 Å². The summed E-state index contributed by atoms with van der Waals surface area (Å²) in [7, 11) is 0. The second-order valence-electron chi connectivity index (χ2n) is 2.61. The molecule has 0 spiro atoms.